The second-order valence-corrected chi connectivity index (χ2v) is 9.15. The summed E-state index contributed by atoms with van der Waals surface area (Å²) in [6.45, 7) is 0. The van der Waals surface area contributed by atoms with Crippen LogP contribution in [0.15, 0.2) is 0 Å². The summed E-state index contributed by atoms with van der Waals surface area (Å²) in [7, 11) is -3.08. The zero-order chi connectivity index (χ0) is 17.7. The van der Waals surface area contributed by atoms with E-state index in [1.165, 1.54) is 0 Å². The van der Waals surface area contributed by atoms with Crippen LogP contribution in [0.4, 0.5) is 22.0 Å². The molecule has 1 aromatic rings. The summed E-state index contributed by atoms with van der Waals surface area (Å²) in [4.78, 5) is 0. The average molecular weight is 372 g/mol. The molecule has 0 amide bonds. The average Bonchev–Trinajstić information content (AvgIpc) is 2.79. The van der Waals surface area contributed by atoms with Crippen molar-refractivity contribution in [1.29, 1.82) is 0 Å². The number of halogens is 5. The number of hydrogen-bond acceptors (Lipinski definition) is 4. The summed E-state index contributed by atoms with van der Waals surface area (Å²) < 4.78 is 90.1. The first-order chi connectivity index (χ1) is 10.8. The van der Waals surface area contributed by atoms with Crippen molar-refractivity contribution in [3.8, 4) is 0 Å². The molecule has 3 aliphatic rings. The molecule has 2 aliphatic carbocycles. The van der Waals surface area contributed by atoms with Gasteiger partial charge in [-0.25, -0.2) is 17.2 Å². The van der Waals surface area contributed by atoms with E-state index < -0.39 is 57.2 Å². The molecule has 4 rings (SSSR count). The van der Waals surface area contributed by atoms with E-state index in [2.05, 4.69) is 5.10 Å². The van der Waals surface area contributed by atoms with Crippen molar-refractivity contribution in [3.63, 3.8) is 0 Å². The smallest absolute Gasteiger partial charge is 0.382 e. The monoisotopic (exact) mass is 372 g/mol. The maximum absolute atomic E-state index is 13.7. The molecule has 0 unspecified atom stereocenters. The Bertz CT molecular complexity index is 809. The number of nitrogens with zero attached hydrogens (tertiary/aromatic N) is 2. The maximum Gasteiger partial charge on any atom is 0.435 e. The third-order valence-corrected chi connectivity index (χ3v) is 7.24. The van der Waals surface area contributed by atoms with E-state index in [1.54, 1.807) is 0 Å². The fourth-order valence-corrected chi connectivity index (χ4v) is 6.48. The molecule has 1 saturated carbocycles. The van der Waals surface area contributed by atoms with Crippen molar-refractivity contribution < 1.29 is 35.5 Å². The zero-order valence-electron chi connectivity index (χ0n) is 12.1. The molecule has 24 heavy (non-hydrogen) atoms. The number of fused-ring (bicyclic) bond motifs is 1. The van der Waals surface area contributed by atoms with Gasteiger partial charge in [0.15, 0.2) is 15.5 Å². The maximum atomic E-state index is 13.7. The lowest BCUT2D eigenvalue weighted by Gasteiger charge is -2.53. The van der Waals surface area contributed by atoms with E-state index in [9.17, 15) is 35.5 Å². The van der Waals surface area contributed by atoms with Crippen LogP contribution in [0.3, 0.4) is 0 Å². The fourth-order valence-electron chi connectivity index (χ4n) is 4.23. The number of rotatable bonds is 1. The van der Waals surface area contributed by atoms with Gasteiger partial charge < -0.3 is 5.11 Å². The van der Waals surface area contributed by atoms with Crippen LogP contribution in [0.2, 0.25) is 0 Å². The minimum atomic E-state index is -4.95. The van der Waals surface area contributed by atoms with Crippen molar-refractivity contribution >= 4 is 9.84 Å². The molecular weight excluding hydrogens is 359 g/mol. The molecule has 1 spiro atoms. The summed E-state index contributed by atoms with van der Waals surface area (Å²) >= 11 is 0. The molecule has 134 valence electrons. The molecule has 11 heteroatoms. The van der Waals surface area contributed by atoms with Gasteiger partial charge in [0.1, 0.15) is 6.10 Å². The van der Waals surface area contributed by atoms with Crippen molar-refractivity contribution in [2.75, 3.05) is 11.5 Å². The second-order valence-electron chi connectivity index (χ2n) is 7.09. The highest BCUT2D eigenvalue weighted by Crippen LogP contribution is 2.57. The molecule has 0 radical (unpaired) electrons. The number of sulfone groups is 1. The van der Waals surface area contributed by atoms with Gasteiger partial charge in [-0.05, 0) is 12.8 Å². The first kappa shape index (κ1) is 16.2. The van der Waals surface area contributed by atoms with Crippen LogP contribution in [0.5, 0.6) is 0 Å². The van der Waals surface area contributed by atoms with Crippen LogP contribution < -0.4 is 0 Å². The van der Waals surface area contributed by atoms with E-state index in [4.69, 9.17) is 0 Å². The van der Waals surface area contributed by atoms with Crippen molar-refractivity contribution in [2.45, 2.75) is 43.5 Å². The molecule has 1 aliphatic heterocycles. The highest BCUT2D eigenvalue weighted by atomic mass is 32.2. The van der Waals surface area contributed by atoms with Crippen LogP contribution in [0.1, 0.15) is 41.9 Å². The van der Waals surface area contributed by atoms with Crippen molar-refractivity contribution in [2.24, 2.45) is 5.41 Å². The summed E-state index contributed by atoms with van der Waals surface area (Å²) in [6, 6.07) is -0.550. The highest BCUT2D eigenvalue weighted by molar-refractivity contribution is 7.92. The van der Waals surface area contributed by atoms with Gasteiger partial charge in [0.25, 0.3) is 5.92 Å². The molecular formula is C13H13F5N2O3S. The normalized spacial score (nSPS) is 30.0. The molecule has 2 fully saturated rings. The third kappa shape index (κ3) is 2.13. The summed E-state index contributed by atoms with van der Waals surface area (Å²) in [6.07, 6.45) is -7.90. The summed E-state index contributed by atoms with van der Waals surface area (Å²) in [5.74, 6) is -3.72. The summed E-state index contributed by atoms with van der Waals surface area (Å²) in [5.41, 5.74) is -3.10. The number of aliphatic hydroxyl groups is 1. The van der Waals surface area contributed by atoms with E-state index in [0.717, 1.165) is 4.68 Å². The molecule has 1 aromatic heterocycles. The first-order valence-corrected chi connectivity index (χ1v) is 9.11. The molecule has 5 nitrogen and oxygen atoms in total. The molecule has 0 bridgehead atoms. The van der Waals surface area contributed by atoms with Crippen LogP contribution in [-0.4, -0.2) is 40.7 Å². The van der Waals surface area contributed by atoms with E-state index in [1.807, 2.05) is 0 Å². The van der Waals surface area contributed by atoms with Crippen LogP contribution in [-0.2, 0) is 22.4 Å². The van der Waals surface area contributed by atoms with Gasteiger partial charge in [0.2, 0.25) is 0 Å². The first-order valence-electron chi connectivity index (χ1n) is 7.28. The SMILES string of the molecule is O=S1(=O)CC2(CC(n3nc(C(F)(F)F)c4c3CC(F)(F)[C@H]4O)C2)C1. The molecule has 1 N–H and O–H groups in total. The number of alkyl halides is 5. The lowest BCUT2D eigenvalue weighted by molar-refractivity contribution is -0.146. The van der Waals surface area contributed by atoms with Gasteiger partial charge >= 0.3 is 6.18 Å². The summed E-state index contributed by atoms with van der Waals surface area (Å²) in [5, 5.41) is 13.0. The van der Waals surface area contributed by atoms with Gasteiger partial charge in [0, 0.05) is 11.0 Å². The van der Waals surface area contributed by atoms with Gasteiger partial charge in [0.05, 0.1) is 29.7 Å². The molecule has 0 aromatic carbocycles. The van der Waals surface area contributed by atoms with Gasteiger partial charge in [-0.15, -0.1) is 0 Å². The Morgan fingerprint density at radius 3 is 2.29 bits per heavy atom. The fraction of sp³-hybridized carbons (Fsp3) is 0.769. The molecule has 1 saturated heterocycles. The number of aromatic nitrogens is 2. The molecule has 2 heterocycles. The van der Waals surface area contributed by atoms with Crippen LogP contribution >= 0.6 is 0 Å². The van der Waals surface area contributed by atoms with Crippen LogP contribution in [0.25, 0.3) is 0 Å². The standard InChI is InChI=1S/C13H13F5N2O3S/c14-12(15)3-7-8(10(12)21)9(13(16,17)18)19-20(7)6-1-11(2-6)4-24(22,23)5-11/h6,10,21H,1-5H2/t10-/m0/s1. The van der Waals surface area contributed by atoms with E-state index in [-0.39, 0.29) is 17.2 Å². The Morgan fingerprint density at radius 1 is 1.21 bits per heavy atom. The lowest BCUT2D eigenvalue weighted by Crippen LogP contribution is -2.56. The van der Waals surface area contributed by atoms with Crippen molar-refractivity contribution in [1.82, 2.24) is 9.78 Å². The largest absolute Gasteiger partial charge is 0.435 e. The predicted octanol–water partition coefficient (Wildman–Crippen LogP) is 1.88. The minimum absolute atomic E-state index is 0.0229. The Labute approximate surface area is 133 Å². The Balaban J connectivity index is 1.68. The minimum Gasteiger partial charge on any atom is -0.382 e. The zero-order valence-corrected chi connectivity index (χ0v) is 13.0. The topological polar surface area (TPSA) is 72.2 Å². The Kier molecular flexibility index (Phi) is 2.91. The lowest BCUT2D eigenvalue weighted by atomic mass is 9.67. The third-order valence-electron chi connectivity index (χ3n) is 5.13. The Morgan fingerprint density at radius 2 is 1.79 bits per heavy atom. The molecule has 1 atom stereocenters. The number of hydrogen-bond donors (Lipinski definition) is 1. The van der Waals surface area contributed by atoms with Crippen molar-refractivity contribution in [3.05, 3.63) is 17.0 Å². The van der Waals surface area contributed by atoms with Gasteiger partial charge in [-0.3, -0.25) is 4.68 Å². The van der Waals surface area contributed by atoms with Gasteiger partial charge in [-0.2, -0.15) is 18.3 Å². The van der Waals surface area contributed by atoms with E-state index >= 15 is 0 Å². The highest BCUT2D eigenvalue weighted by Gasteiger charge is 2.60. The van der Waals surface area contributed by atoms with Crippen LogP contribution in [0, 0.1) is 5.41 Å². The Hall–Kier alpha value is -1.23. The predicted molar refractivity (Wildman–Crippen MR) is 70.2 cm³/mol. The van der Waals surface area contributed by atoms with E-state index in [0.29, 0.717) is 12.8 Å². The quantitative estimate of drug-likeness (QED) is 0.764. The van der Waals surface area contributed by atoms with Gasteiger partial charge in [-0.1, -0.05) is 0 Å². The number of aliphatic hydroxyl groups excluding tert-OH is 1. The second kappa shape index (κ2) is 4.29.